The highest BCUT2D eigenvalue weighted by atomic mass is 32.2. The molecule has 10 heteroatoms. The van der Waals surface area contributed by atoms with Gasteiger partial charge >= 0.3 is 12.3 Å². The number of ether oxygens (including phenoxy) is 2. The molecule has 2 rings (SSSR count). The lowest BCUT2D eigenvalue weighted by Crippen LogP contribution is -2.16. The van der Waals surface area contributed by atoms with Gasteiger partial charge in [-0.05, 0) is 48.7 Å². The first-order valence-corrected chi connectivity index (χ1v) is 11.3. The van der Waals surface area contributed by atoms with Gasteiger partial charge in [0.15, 0.2) is 9.84 Å². The van der Waals surface area contributed by atoms with Gasteiger partial charge in [-0.3, -0.25) is 0 Å². The number of phenolic OH excluding ortho intramolecular Hbond substituents is 1. The van der Waals surface area contributed by atoms with Crippen molar-refractivity contribution in [1.82, 2.24) is 0 Å². The highest BCUT2D eigenvalue weighted by Gasteiger charge is 2.31. The summed E-state index contributed by atoms with van der Waals surface area (Å²) in [6.07, 6.45) is -0.589. The van der Waals surface area contributed by atoms with Crippen molar-refractivity contribution in [2.45, 2.75) is 37.9 Å². The number of hydrogen-bond acceptors (Lipinski definition) is 6. The fourth-order valence-electron chi connectivity index (χ4n) is 2.84. The lowest BCUT2D eigenvalue weighted by atomic mass is 10.1. The lowest BCUT2D eigenvalue weighted by Gasteiger charge is -2.13. The highest BCUT2D eigenvalue weighted by Crippen LogP contribution is 2.29. The summed E-state index contributed by atoms with van der Waals surface area (Å²) >= 11 is 0. The van der Waals surface area contributed by atoms with Gasteiger partial charge < -0.3 is 14.6 Å². The maximum absolute atomic E-state index is 12.8. The van der Waals surface area contributed by atoms with Crippen molar-refractivity contribution in [1.29, 1.82) is 0 Å². The normalized spacial score (nSPS) is 12.2. The van der Waals surface area contributed by atoms with E-state index in [1.807, 2.05) is 6.92 Å². The van der Waals surface area contributed by atoms with E-state index in [4.69, 9.17) is 4.74 Å². The average molecular weight is 472 g/mol. The van der Waals surface area contributed by atoms with Crippen LogP contribution in [0.15, 0.2) is 47.4 Å². The Hall–Kier alpha value is -3.01. The van der Waals surface area contributed by atoms with E-state index in [0.717, 1.165) is 24.6 Å². The standard InChI is InChI=1S/C22H23F3O6S/c1-3-4-13-30-21(27)20-15(2)19(12-11-18(20)26)32(28,29)14-5-6-16-7-9-17(10-8-16)31-22(23,24)25/h5-12,26H,3-4,13-14H2,1-2H3. The maximum Gasteiger partial charge on any atom is 0.573 e. The molecule has 0 aliphatic rings. The van der Waals surface area contributed by atoms with E-state index in [0.29, 0.717) is 12.0 Å². The third-order valence-electron chi connectivity index (χ3n) is 4.40. The highest BCUT2D eigenvalue weighted by molar-refractivity contribution is 7.91. The fraction of sp³-hybridized carbons (Fsp3) is 0.318. The van der Waals surface area contributed by atoms with Crippen LogP contribution in [0, 0.1) is 6.92 Å². The van der Waals surface area contributed by atoms with E-state index < -0.39 is 27.9 Å². The number of unbranched alkanes of at least 4 members (excludes halogenated alkanes) is 1. The predicted octanol–water partition coefficient (Wildman–Crippen LogP) is 5.04. The Labute approximate surface area is 184 Å². The SMILES string of the molecule is CCCCOC(=O)c1c(O)ccc(S(=O)(=O)CC=Cc2ccc(OC(F)(F)F)cc2)c1C. The van der Waals surface area contributed by atoms with Crippen LogP contribution < -0.4 is 4.74 Å². The van der Waals surface area contributed by atoms with Crippen molar-refractivity contribution in [2.24, 2.45) is 0 Å². The second kappa shape index (κ2) is 10.5. The monoisotopic (exact) mass is 472 g/mol. The second-order valence-corrected chi connectivity index (χ2v) is 8.88. The fourth-order valence-corrected chi connectivity index (χ4v) is 4.21. The molecule has 0 spiro atoms. The van der Waals surface area contributed by atoms with E-state index in [9.17, 15) is 31.5 Å². The Morgan fingerprint density at radius 2 is 1.78 bits per heavy atom. The number of sulfone groups is 1. The first-order valence-electron chi connectivity index (χ1n) is 9.69. The molecular formula is C22H23F3O6S. The van der Waals surface area contributed by atoms with Crippen LogP contribution in [0.5, 0.6) is 11.5 Å². The van der Waals surface area contributed by atoms with Crippen molar-refractivity contribution in [3.63, 3.8) is 0 Å². The van der Waals surface area contributed by atoms with Crippen LogP contribution >= 0.6 is 0 Å². The van der Waals surface area contributed by atoms with E-state index in [-0.39, 0.29) is 34.1 Å². The Bertz CT molecular complexity index is 1070. The molecule has 174 valence electrons. The molecule has 0 aromatic heterocycles. The van der Waals surface area contributed by atoms with Crippen molar-refractivity contribution in [3.05, 3.63) is 59.2 Å². The summed E-state index contributed by atoms with van der Waals surface area (Å²) in [5.41, 5.74) is 0.345. The van der Waals surface area contributed by atoms with Crippen LogP contribution in [-0.2, 0) is 14.6 Å². The Balaban J connectivity index is 2.16. The van der Waals surface area contributed by atoms with Crippen LogP contribution in [0.2, 0.25) is 0 Å². The largest absolute Gasteiger partial charge is 0.573 e. The van der Waals surface area contributed by atoms with Crippen molar-refractivity contribution >= 4 is 21.9 Å². The molecule has 0 saturated carbocycles. The molecule has 0 radical (unpaired) electrons. The van der Waals surface area contributed by atoms with Crippen LogP contribution in [0.3, 0.4) is 0 Å². The van der Waals surface area contributed by atoms with Gasteiger partial charge in [-0.1, -0.05) is 37.6 Å². The summed E-state index contributed by atoms with van der Waals surface area (Å²) < 4.78 is 71.0. The van der Waals surface area contributed by atoms with Gasteiger partial charge in [0.1, 0.15) is 17.1 Å². The minimum atomic E-state index is -4.80. The molecule has 0 bridgehead atoms. The summed E-state index contributed by atoms with van der Waals surface area (Å²) in [7, 11) is -3.87. The van der Waals surface area contributed by atoms with Gasteiger partial charge in [-0.2, -0.15) is 0 Å². The number of alkyl halides is 3. The average Bonchev–Trinajstić information content (AvgIpc) is 2.68. The summed E-state index contributed by atoms with van der Waals surface area (Å²) in [6.45, 7) is 3.48. The number of halogens is 3. The molecule has 0 atom stereocenters. The van der Waals surface area contributed by atoms with Crippen molar-refractivity contribution < 1.29 is 41.0 Å². The predicted molar refractivity (Wildman–Crippen MR) is 112 cm³/mol. The molecule has 6 nitrogen and oxygen atoms in total. The molecule has 0 aliphatic carbocycles. The third-order valence-corrected chi connectivity index (χ3v) is 6.15. The van der Waals surface area contributed by atoms with Gasteiger partial charge in [-0.25, -0.2) is 13.2 Å². The summed E-state index contributed by atoms with van der Waals surface area (Å²) in [5.74, 6) is -1.99. The molecule has 0 fully saturated rings. The smallest absolute Gasteiger partial charge is 0.507 e. The van der Waals surface area contributed by atoms with E-state index >= 15 is 0 Å². The van der Waals surface area contributed by atoms with Gasteiger partial charge in [0.2, 0.25) is 0 Å². The number of esters is 1. The third kappa shape index (κ3) is 7.01. The van der Waals surface area contributed by atoms with Crippen LogP contribution in [0.1, 0.15) is 41.3 Å². The maximum atomic E-state index is 12.8. The van der Waals surface area contributed by atoms with Crippen molar-refractivity contribution in [3.8, 4) is 11.5 Å². The zero-order valence-corrected chi connectivity index (χ0v) is 18.3. The Morgan fingerprint density at radius 3 is 2.38 bits per heavy atom. The molecule has 2 aromatic rings. The lowest BCUT2D eigenvalue weighted by molar-refractivity contribution is -0.274. The van der Waals surface area contributed by atoms with Crippen LogP contribution in [-0.4, -0.2) is 38.2 Å². The van der Waals surface area contributed by atoms with Gasteiger partial charge in [-0.15, -0.1) is 13.2 Å². The molecule has 1 N–H and O–H groups in total. The minimum absolute atomic E-state index is 0.0774. The number of carbonyl (C=O) groups is 1. The molecule has 2 aromatic carbocycles. The number of rotatable bonds is 9. The Kier molecular flexibility index (Phi) is 8.31. The van der Waals surface area contributed by atoms with E-state index in [2.05, 4.69) is 4.74 Å². The number of aromatic hydroxyl groups is 1. The van der Waals surface area contributed by atoms with E-state index in [1.54, 1.807) is 0 Å². The molecular weight excluding hydrogens is 449 g/mol. The van der Waals surface area contributed by atoms with Gasteiger partial charge in [0.25, 0.3) is 0 Å². The van der Waals surface area contributed by atoms with Crippen molar-refractivity contribution in [2.75, 3.05) is 12.4 Å². The molecule has 32 heavy (non-hydrogen) atoms. The van der Waals surface area contributed by atoms with Gasteiger partial charge in [0, 0.05) is 0 Å². The summed E-state index contributed by atoms with van der Waals surface area (Å²) in [5, 5.41) is 10.0. The number of phenols is 1. The number of benzene rings is 2. The van der Waals surface area contributed by atoms with Gasteiger partial charge in [0.05, 0.1) is 17.3 Å². The van der Waals surface area contributed by atoms with Crippen LogP contribution in [0.4, 0.5) is 13.2 Å². The second-order valence-electron chi connectivity index (χ2n) is 6.87. The molecule has 0 amide bonds. The molecule has 0 aliphatic heterocycles. The topological polar surface area (TPSA) is 89.9 Å². The van der Waals surface area contributed by atoms with E-state index in [1.165, 1.54) is 37.3 Å². The molecule has 0 saturated heterocycles. The zero-order valence-electron chi connectivity index (χ0n) is 17.5. The molecule has 0 heterocycles. The van der Waals surface area contributed by atoms with Crippen LogP contribution in [0.25, 0.3) is 6.08 Å². The molecule has 0 unspecified atom stereocenters. The quantitative estimate of drug-likeness (QED) is 0.406. The Morgan fingerprint density at radius 1 is 1.12 bits per heavy atom. The number of hydrogen-bond donors (Lipinski definition) is 1. The minimum Gasteiger partial charge on any atom is -0.507 e. The number of carbonyl (C=O) groups excluding carboxylic acids is 1. The summed E-state index contributed by atoms with van der Waals surface area (Å²) in [6, 6.07) is 7.25. The first kappa shape index (κ1) is 25.3. The first-order chi connectivity index (χ1) is 14.9. The zero-order chi connectivity index (χ0) is 23.9. The summed E-state index contributed by atoms with van der Waals surface area (Å²) in [4.78, 5) is 12.2.